The van der Waals surface area contributed by atoms with Crippen LogP contribution in [0.15, 0.2) is 0 Å². The molecule has 0 aromatic heterocycles. The number of fused-ring (bicyclic) bond motifs is 1. The summed E-state index contributed by atoms with van der Waals surface area (Å²) in [6.07, 6.45) is 9.06. The summed E-state index contributed by atoms with van der Waals surface area (Å²) in [5.41, 5.74) is 6.04. The van der Waals surface area contributed by atoms with Gasteiger partial charge in [0.1, 0.15) is 0 Å². The maximum atomic E-state index is 12.6. The fraction of sp³-hybridized carbons (Fsp3) is 0.938. The number of nitrogens with zero attached hydrogens (tertiary/aromatic N) is 2. The van der Waals surface area contributed by atoms with Gasteiger partial charge in [-0.1, -0.05) is 6.42 Å². The predicted octanol–water partition coefficient (Wildman–Crippen LogP) is 1.59. The number of carbonyl (C=O) groups is 1. The average molecular weight is 279 g/mol. The molecule has 3 fully saturated rings. The molecule has 0 aromatic carbocycles. The van der Waals surface area contributed by atoms with E-state index in [1.54, 1.807) is 0 Å². The zero-order valence-electron chi connectivity index (χ0n) is 12.6. The van der Waals surface area contributed by atoms with Crippen LogP contribution in [0.5, 0.6) is 0 Å². The number of amides is 1. The van der Waals surface area contributed by atoms with Crippen LogP contribution < -0.4 is 5.73 Å². The first-order valence-corrected chi connectivity index (χ1v) is 8.50. The van der Waals surface area contributed by atoms with Crippen LogP contribution in [-0.2, 0) is 4.79 Å². The average Bonchev–Trinajstić information content (AvgIpc) is 2.76. The van der Waals surface area contributed by atoms with Crippen molar-refractivity contribution in [2.75, 3.05) is 26.2 Å². The van der Waals surface area contributed by atoms with E-state index in [1.165, 1.54) is 38.8 Å². The van der Waals surface area contributed by atoms with Gasteiger partial charge in [-0.25, -0.2) is 0 Å². The SMILES string of the molecule is NC1CCCC(CC(=O)N2CCCN3CCCC3C2)C1. The maximum Gasteiger partial charge on any atom is 0.222 e. The lowest BCUT2D eigenvalue weighted by Crippen LogP contribution is -2.40. The van der Waals surface area contributed by atoms with Crippen LogP contribution in [0.4, 0.5) is 0 Å². The highest BCUT2D eigenvalue weighted by Crippen LogP contribution is 2.27. The summed E-state index contributed by atoms with van der Waals surface area (Å²) in [6, 6.07) is 0.964. The van der Waals surface area contributed by atoms with Gasteiger partial charge in [-0.05, 0) is 51.0 Å². The van der Waals surface area contributed by atoms with Crippen LogP contribution in [0.1, 0.15) is 51.4 Å². The van der Waals surface area contributed by atoms with Crippen LogP contribution in [-0.4, -0.2) is 54.0 Å². The maximum absolute atomic E-state index is 12.6. The second kappa shape index (κ2) is 6.44. The molecule has 3 rings (SSSR count). The minimum absolute atomic E-state index is 0.330. The van der Waals surface area contributed by atoms with Crippen molar-refractivity contribution in [1.82, 2.24) is 9.80 Å². The monoisotopic (exact) mass is 279 g/mol. The third-order valence-corrected chi connectivity index (χ3v) is 5.44. The first-order valence-electron chi connectivity index (χ1n) is 8.50. The highest BCUT2D eigenvalue weighted by molar-refractivity contribution is 5.76. The Balaban J connectivity index is 1.53. The van der Waals surface area contributed by atoms with Gasteiger partial charge in [0, 0.05) is 38.1 Å². The van der Waals surface area contributed by atoms with E-state index in [9.17, 15) is 4.79 Å². The Morgan fingerprint density at radius 3 is 2.75 bits per heavy atom. The standard InChI is InChI=1S/C16H29N3O/c17-14-5-1-4-13(10-14)11-16(20)19-9-3-8-18-7-2-6-15(18)12-19/h13-15H,1-12,17H2. The number of hydrogen-bond acceptors (Lipinski definition) is 3. The van der Waals surface area contributed by atoms with Crippen molar-refractivity contribution >= 4 is 5.91 Å². The topological polar surface area (TPSA) is 49.6 Å². The van der Waals surface area contributed by atoms with Crippen molar-refractivity contribution in [3.8, 4) is 0 Å². The van der Waals surface area contributed by atoms with Gasteiger partial charge >= 0.3 is 0 Å². The van der Waals surface area contributed by atoms with Crippen LogP contribution in [0.3, 0.4) is 0 Å². The van der Waals surface area contributed by atoms with Crippen molar-refractivity contribution in [1.29, 1.82) is 0 Å². The van der Waals surface area contributed by atoms with Crippen molar-refractivity contribution < 1.29 is 4.79 Å². The van der Waals surface area contributed by atoms with E-state index in [0.717, 1.165) is 38.8 Å². The Hall–Kier alpha value is -0.610. The summed E-state index contributed by atoms with van der Waals surface area (Å²) in [7, 11) is 0. The fourth-order valence-corrected chi connectivity index (χ4v) is 4.33. The van der Waals surface area contributed by atoms with Crippen LogP contribution in [0, 0.1) is 5.92 Å². The quantitative estimate of drug-likeness (QED) is 0.835. The van der Waals surface area contributed by atoms with Gasteiger partial charge in [0.05, 0.1) is 0 Å². The highest BCUT2D eigenvalue weighted by atomic mass is 16.2. The normalized spacial score (nSPS) is 35.6. The Morgan fingerprint density at radius 2 is 1.90 bits per heavy atom. The van der Waals surface area contributed by atoms with Crippen LogP contribution in [0.25, 0.3) is 0 Å². The van der Waals surface area contributed by atoms with Crippen molar-refractivity contribution in [3.05, 3.63) is 0 Å². The largest absolute Gasteiger partial charge is 0.341 e. The molecule has 3 unspecified atom stereocenters. The molecular weight excluding hydrogens is 250 g/mol. The van der Waals surface area contributed by atoms with Gasteiger partial charge < -0.3 is 10.6 Å². The molecule has 2 N–H and O–H groups in total. The zero-order valence-corrected chi connectivity index (χ0v) is 12.6. The summed E-state index contributed by atoms with van der Waals surface area (Å²) in [5.74, 6) is 0.923. The first-order chi connectivity index (χ1) is 9.72. The number of hydrogen-bond donors (Lipinski definition) is 1. The van der Waals surface area contributed by atoms with E-state index < -0.39 is 0 Å². The van der Waals surface area contributed by atoms with Gasteiger partial charge in [-0.15, -0.1) is 0 Å². The van der Waals surface area contributed by atoms with E-state index in [4.69, 9.17) is 5.73 Å². The number of rotatable bonds is 2. The van der Waals surface area contributed by atoms with Gasteiger partial charge in [0.15, 0.2) is 0 Å². The molecule has 0 bridgehead atoms. The summed E-state index contributed by atoms with van der Waals surface area (Å²) in [4.78, 5) is 17.3. The summed E-state index contributed by atoms with van der Waals surface area (Å²) < 4.78 is 0. The first kappa shape index (κ1) is 14.3. The predicted molar refractivity (Wildman–Crippen MR) is 80.3 cm³/mol. The lowest BCUT2D eigenvalue weighted by Gasteiger charge is -2.30. The highest BCUT2D eigenvalue weighted by Gasteiger charge is 2.31. The summed E-state index contributed by atoms with van der Waals surface area (Å²) in [5, 5.41) is 0. The Kier molecular flexibility index (Phi) is 4.61. The fourth-order valence-electron chi connectivity index (χ4n) is 4.33. The third kappa shape index (κ3) is 3.34. The molecule has 2 heterocycles. The van der Waals surface area contributed by atoms with E-state index in [2.05, 4.69) is 9.80 Å². The van der Waals surface area contributed by atoms with E-state index in [0.29, 0.717) is 23.9 Å². The second-order valence-electron chi connectivity index (χ2n) is 7.02. The number of carbonyl (C=O) groups excluding carboxylic acids is 1. The minimum Gasteiger partial charge on any atom is -0.341 e. The van der Waals surface area contributed by atoms with E-state index >= 15 is 0 Å². The molecule has 0 spiro atoms. The van der Waals surface area contributed by atoms with E-state index in [1.807, 2.05) is 0 Å². The molecular formula is C16H29N3O. The second-order valence-corrected chi connectivity index (χ2v) is 7.02. The molecule has 4 nitrogen and oxygen atoms in total. The molecule has 114 valence electrons. The van der Waals surface area contributed by atoms with Gasteiger partial charge in [0.2, 0.25) is 5.91 Å². The lowest BCUT2D eigenvalue weighted by atomic mass is 9.84. The van der Waals surface area contributed by atoms with Crippen LogP contribution in [0.2, 0.25) is 0 Å². The third-order valence-electron chi connectivity index (χ3n) is 5.44. The molecule has 20 heavy (non-hydrogen) atoms. The molecule has 2 saturated heterocycles. The van der Waals surface area contributed by atoms with E-state index in [-0.39, 0.29) is 0 Å². The molecule has 3 atom stereocenters. The molecule has 1 amide bonds. The van der Waals surface area contributed by atoms with Crippen molar-refractivity contribution in [3.63, 3.8) is 0 Å². The van der Waals surface area contributed by atoms with Gasteiger partial charge in [0.25, 0.3) is 0 Å². The van der Waals surface area contributed by atoms with Crippen molar-refractivity contribution in [2.24, 2.45) is 11.7 Å². The van der Waals surface area contributed by atoms with Gasteiger partial charge in [-0.3, -0.25) is 9.69 Å². The Labute approximate surface area is 122 Å². The zero-order chi connectivity index (χ0) is 13.9. The molecule has 1 aliphatic carbocycles. The van der Waals surface area contributed by atoms with Crippen LogP contribution >= 0.6 is 0 Å². The van der Waals surface area contributed by atoms with Crippen molar-refractivity contribution in [2.45, 2.75) is 63.5 Å². The summed E-state index contributed by atoms with van der Waals surface area (Å²) >= 11 is 0. The molecule has 4 heteroatoms. The Morgan fingerprint density at radius 1 is 1.05 bits per heavy atom. The Bertz CT molecular complexity index is 347. The molecule has 2 aliphatic heterocycles. The minimum atomic E-state index is 0.330. The van der Waals surface area contributed by atoms with Gasteiger partial charge in [-0.2, -0.15) is 0 Å². The molecule has 0 radical (unpaired) electrons. The molecule has 1 saturated carbocycles. The smallest absolute Gasteiger partial charge is 0.222 e. The molecule has 3 aliphatic rings. The summed E-state index contributed by atoms with van der Waals surface area (Å²) in [6.45, 7) is 4.36. The molecule has 0 aromatic rings. The lowest BCUT2D eigenvalue weighted by molar-refractivity contribution is -0.132. The number of nitrogens with two attached hydrogens (primary N) is 1.